The molecule has 1 aliphatic rings. The minimum Gasteiger partial charge on any atom is -0.315 e. The Kier molecular flexibility index (Phi) is 4.34. The number of benzene rings is 1. The van der Waals surface area contributed by atoms with Crippen LogP contribution < -0.4 is 15.8 Å². The first-order valence-corrected chi connectivity index (χ1v) is 7.66. The number of hydrogen-bond donors (Lipinski definition) is 3. The third kappa shape index (κ3) is 3.78. The van der Waals surface area contributed by atoms with Crippen molar-refractivity contribution in [1.82, 2.24) is 10.6 Å². The summed E-state index contributed by atoms with van der Waals surface area (Å²) in [4.78, 5) is 0.170. The van der Waals surface area contributed by atoms with Gasteiger partial charge in [0.1, 0.15) is 0 Å². The summed E-state index contributed by atoms with van der Waals surface area (Å²) >= 11 is 0. The molecule has 0 aliphatic carbocycles. The summed E-state index contributed by atoms with van der Waals surface area (Å²) in [6.07, 6.45) is 2.33. The van der Waals surface area contributed by atoms with Crippen LogP contribution in [0.3, 0.4) is 0 Å². The summed E-state index contributed by atoms with van der Waals surface area (Å²) in [5.74, 6) is 0. The van der Waals surface area contributed by atoms with Crippen molar-refractivity contribution in [3.63, 3.8) is 0 Å². The van der Waals surface area contributed by atoms with Crippen LogP contribution in [0.4, 0.5) is 0 Å². The highest BCUT2D eigenvalue weighted by Gasteiger charge is 2.12. The molecule has 100 valence electrons. The molecule has 0 aromatic heterocycles. The van der Waals surface area contributed by atoms with E-state index in [-0.39, 0.29) is 4.90 Å². The molecule has 1 atom stereocenters. The Bertz CT molecular complexity index is 496. The van der Waals surface area contributed by atoms with Crippen LogP contribution in [0, 0.1) is 0 Å². The Morgan fingerprint density at radius 1 is 1.44 bits per heavy atom. The first kappa shape index (κ1) is 13.5. The molecule has 4 N–H and O–H groups in total. The van der Waals surface area contributed by atoms with Gasteiger partial charge < -0.3 is 10.6 Å². The average Bonchev–Trinajstić information content (AvgIpc) is 2.37. The zero-order chi connectivity index (χ0) is 13.0. The summed E-state index contributed by atoms with van der Waals surface area (Å²) in [6.45, 7) is 2.71. The fraction of sp³-hybridized carbons (Fsp3) is 0.500. The van der Waals surface area contributed by atoms with Gasteiger partial charge in [0.25, 0.3) is 0 Å². The summed E-state index contributed by atoms with van der Waals surface area (Å²) in [5.41, 5.74) is 0.937. The van der Waals surface area contributed by atoms with Gasteiger partial charge in [0.2, 0.25) is 10.0 Å². The predicted octanol–water partition coefficient (Wildman–Crippen LogP) is 0.176. The van der Waals surface area contributed by atoms with Crippen molar-refractivity contribution < 1.29 is 8.42 Å². The largest absolute Gasteiger partial charge is 0.315 e. The van der Waals surface area contributed by atoms with Gasteiger partial charge in [0, 0.05) is 19.1 Å². The van der Waals surface area contributed by atoms with E-state index in [1.807, 2.05) is 6.07 Å². The van der Waals surface area contributed by atoms with Gasteiger partial charge in [0.05, 0.1) is 4.90 Å². The summed E-state index contributed by atoms with van der Waals surface area (Å²) < 4.78 is 22.5. The summed E-state index contributed by atoms with van der Waals surface area (Å²) in [6, 6.07) is 7.21. The molecule has 18 heavy (non-hydrogen) atoms. The number of primary sulfonamides is 1. The Labute approximate surface area is 108 Å². The van der Waals surface area contributed by atoms with Crippen molar-refractivity contribution in [2.75, 3.05) is 13.1 Å². The van der Waals surface area contributed by atoms with Gasteiger partial charge in [0.15, 0.2) is 0 Å². The van der Waals surface area contributed by atoms with E-state index >= 15 is 0 Å². The molecule has 0 amide bonds. The molecular formula is C12H19N3O2S. The fourth-order valence-electron chi connectivity index (χ4n) is 2.12. The highest BCUT2D eigenvalue weighted by atomic mass is 32.2. The van der Waals surface area contributed by atoms with Gasteiger partial charge in [-0.1, -0.05) is 12.1 Å². The van der Waals surface area contributed by atoms with E-state index in [0.29, 0.717) is 12.6 Å². The van der Waals surface area contributed by atoms with Crippen LogP contribution in [0.25, 0.3) is 0 Å². The van der Waals surface area contributed by atoms with Crippen LogP contribution >= 0.6 is 0 Å². The lowest BCUT2D eigenvalue weighted by molar-refractivity contribution is 0.389. The van der Waals surface area contributed by atoms with Gasteiger partial charge >= 0.3 is 0 Å². The van der Waals surface area contributed by atoms with Crippen LogP contribution in [0.5, 0.6) is 0 Å². The van der Waals surface area contributed by atoms with Crippen LogP contribution in [0.1, 0.15) is 18.4 Å². The molecule has 1 aliphatic heterocycles. The molecule has 0 saturated carbocycles. The molecule has 1 aromatic carbocycles. The minimum atomic E-state index is -3.61. The van der Waals surface area contributed by atoms with Gasteiger partial charge in [-0.15, -0.1) is 0 Å². The molecule has 5 nitrogen and oxygen atoms in total. The smallest absolute Gasteiger partial charge is 0.238 e. The van der Waals surface area contributed by atoms with Crippen molar-refractivity contribution in [3.05, 3.63) is 29.8 Å². The standard InChI is InChI=1S/C12H19N3O2S/c13-18(16,17)12-5-1-3-10(7-12)8-15-11-4-2-6-14-9-11/h1,3,5,7,11,14-15H,2,4,6,8-9H2,(H2,13,16,17). The van der Waals surface area contributed by atoms with Crippen LogP contribution in [-0.4, -0.2) is 27.5 Å². The molecule has 0 bridgehead atoms. The predicted molar refractivity (Wildman–Crippen MR) is 70.5 cm³/mol. The lowest BCUT2D eigenvalue weighted by Crippen LogP contribution is -2.42. The van der Waals surface area contributed by atoms with Crippen molar-refractivity contribution in [3.8, 4) is 0 Å². The lowest BCUT2D eigenvalue weighted by atomic mass is 10.1. The molecule has 1 fully saturated rings. The van der Waals surface area contributed by atoms with Crippen molar-refractivity contribution in [1.29, 1.82) is 0 Å². The topological polar surface area (TPSA) is 84.2 Å². The van der Waals surface area contributed by atoms with Gasteiger partial charge in [-0.3, -0.25) is 0 Å². The summed E-state index contributed by atoms with van der Waals surface area (Å²) in [5, 5.41) is 11.9. The second-order valence-electron chi connectivity index (χ2n) is 4.62. The van der Waals surface area contributed by atoms with E-state index in [9.17, 15) is 8.42 Å². The minimum absolute atomic E-state index is 0.170. The normalized spacial score (nSPS) is 20.8. The Morgan fingerprint density at radius 2 is 2.28 bits per heavy atom. The zero-order valence-electron chi connectivity index (χ0n) is 10.2. The first-order valence-electron chi connectivity index (χ1n) is 6.11. The number of rotatable bonds is 4. The molecular weight excluding hydrogens is 250 g/mol. The first-order chi connectivity index (χ1) is 8.55. The lowest BCUT2D eigenvalue weighted by Gasteiger charge is -2.24. The van der Waals surface area contributed by atoms with E-state index in [4.69, 9.17) is 5.14 Å². The molecule has 1 unspecified atom stereocenters. The Balaban J connectivity index is 1.97. The third-order valence-corrected chi connectivity index (χ3v) is 4.03. The van der Waals surface area contributed by atoms with E-state index in [1.165, 1.54) is 12.5 Å². The van der Waals surface area contributed by atoms with Crippen molar-refractivity contribution in [2.45, 2.75) is 30.3 Å². The maximum absolute atomic E-state index is 11.2. The zero-order valence-corrected chi connectivity index (χ0v) is 11.0. The maximum atomic E-state index is 11.2. The number of piperidine rings is 1. The monoisotopic (exact) mass is 269 g/mol. The Morgan fingerprint density at radius 3 is 2.94 bits per heavy atom. The van der Waals surface area contributed by atoms with Crippen LogP contribution in [0.2, 0.25) is 0 Å². The molecule has 1 aromatic rings. The highest BCUT2D eigenvalue weighted by molar-refractivity contribution is 7.89. The average molecular weight is 269 g/mol. The van der Waals surface area contributed by atoms with Crippen molar-refractivity contribution >= 4 is 10.0 Å². The maximum Gasteiger partial charge on any atom is 0.238 e. The summed E-state index contributed by atoms with van der Waals surface area (Å²) in [7, 11) is -3.61. The number of hydrogen-bond acceptors (Lipinski definition) is 4. The van der Waals surface area contributed by atoms with Crippen molar-refractivity contribution in [2.24, 2.45) is 5.14 Å². The fourth-order valence-corrected chi connectivity index (χ4v) is 2.70. The van der Waals surface area contributed by atoms with Gasteiger partial charge in [-0.2, -0.15) is 0 Å². The van der Waals surface area contributed by atoms with Gasteiger partial charge in [-0.05, 0) is 37.1 Å². The third-order valence-electron chi connectivity index (χ3n) is 3.12. The van der Waals surface area contributed by atoms with E-state index in [2.05, 4.69) is 10.6 Å². The van der Waals surface area contributed by atoms with Crippen LogP contribution in [0.15, 0.2) is 29.2 Å². The molecule has 6 heteroatoms. The quantitative estimate of drug-likeness (QED) is 0.728. The molecule has 1 saturated heterocycles. The number of sulfonamides is 1. The molecule has 1 heterocycles. The number of nitrogens with two attached hydrogens (primary N) is 1. The van der Waals surface area contributed by atoms with Crippen LogP contribution in [-0.2, 0) is 16.6 Å². The van der Waals surface area contributed by atoms with E-state index in [1.54, 1.807) is 12.1 Å². The van der Waals surface area contributed by atoms with E-state index < -0.39 is 10.0 Å². The number of nitrogens with one attached hydrogen (secondary N) is 2. The molecule has 2 rings (SSSR count). The molecule has 0 spiro atoms. The SMILES string of the molecule is NS(=O)(=O)c1cccc(CNC2CCCNC2)c1. The molecule has 0 radical (unpaired) electrons. The second kappa shape index (κ2) is 5.79. The highest BCUT2D eigenvalue weighted by Crippen LogP contribution is 2.10. The van der Waals surface area contributed by atoms with Gasteiger partial charge in [-0.25, -0.2) is 13.6 Å². The second-order valence-corrected chi connectivity index (χ2v) is 6.18. The van der Waals surface area contributed by atoms with E-state index in [0.717, 1.165) is 25.1 Å². The Hall–Kier alpha value is -0.950.